The lowest BCUT2D eigenvalue weighted by atomic mass is 10.2. The highest BCUT2D eigenvalue weighted by atomic mass is 16.2. The molecule has 2 rings (SSSR count). The molecule has 2 amide bonds. The zero-order chi connectivity index (χ0) is 15.2. The summed E-state index contributed by atoms with van der Waals surface area (Å²) in [5.41, 5.74) is 0.612. The summed E-state index contributed by atoms with van der Waals surface area (Å²) in [7, 11) is 0. The summed E-state index contributed by atoms with van der Waals surface area (Å²) in [4.78, 5) is 42.4. The Balaban J connectivity index is 1.84. The van der Waals surface area contributed by atoms with Gasteiger partial charge in [-0.25, -0.2) is 0 Å². The number of carbonyl (C=O) groups is 3. The molecule has 1 saturated heterocycles. The molecular weight excluding hydrogens is 270 g/mol. The second-order valence-corrected chi connectivity index (χ2v) is 5.11. The zero-order valence-corrected chi connectivity index (χ0v) is 12.1. The number of aromatic nitrogens is 1. The molecule has 1 fully saturated rings. The predicted octanol–water partition coefficient (Wildman–Crippen LogP) is 0.735. The van der Waals surface area contributed by atoms with Crippen LogP contribution in [0.15, 0.2) is 24.5 Å². The van der Waals surface area contributed by atoms with Crippen molar-refractivity contribution in [2.75, 3.05) is 26.2 Å². The van der Waals surface area contributed by atoms with E-state index in [1.165, 1.54) is 6.92 Å². The molecule has 6 nitrogen and oxygen atoms in total. The molecule has 2 heterocycles. The summed E-state index contributed by atoms with van der Waals surface area (Å²) in [5.74, 6) is -0.0238. The molecule has 0 aliphatic carbocycles. The number of carbonyl (C=O) groups excluding carboxylic acids is 3. The molecule has 21 heavy (non-hydrogen) atoms. The average Bonchev–Trinajstić information content (AvgIpc) is 2.53. The number of nitrogens with zero attached hydrogens (tertiary/aromatic N) is 3. The van der Waals surface area contributed by atoms with Crippen LogP contribution in [0.5, 0.6) is 0 Å². The largest absolute Gasteiger partial charge is 0.339 e. The number of Topliss-reactive ketones (excluding diaryl/α,β-unsaturated/α-hetero) is 1. The van der Waals surface area contributed by atoms with E-state index in [-0.39, 0.29) is 30.4 Å². The molecule has 0 bridgehead atoms. The quantitative estimate of drug-likeness (QED) is 0.819. The second kappa shape index (κ2) is 6.97. The molecule has 0 spiro atoms. The molecule has 1 aromatic rings. The van der Waals surface area contributed by atoms with E-state index in [0.29, 0.717) is 31.7 Å². The number of hydrogen-bond donors (Lipinski definition) is 0. The number of amides is 2. The summed E-state index contributed by atoms with van der Waals surface area (Å²) in [6.07, 6.45) is 3.73. The van der Waals surface area contributed by atoms with Crippen LogP contribution in [0.4, 0.5) is 0 Å². The maximum Gasteiger partial charge on any atom is 0.254 e. The Morgan fingerprint density at radius 2 is 1.57 bits per heavy atom. The van der Waals surface area contributed by atoms with Gasteiger partial charge < -0.3 is 14.6 Å². The third-order valence-corrected chi connectivity index (χ3v) is 3.54. The average molecular weight is 289 g/mol. The molecule has 112 valence electrons. The van der Waals surface area contributed by atoms with Crippen LogP contribution in [-0.4, -0.2) is 58.6 Å². The van der Waals surface area contributed by atoms with Gasteiger partial charge in [0, 0.05) is 57.0 Å². The first kappa shape index (κ1) is 15.2. The third kappa shape index (κ3) is 4.11. The summed E-state index contributed by atoms with van der Waals surface area (Å²) < 4.78 is 0. The predicted molar refractivity (Wildman–Crippen MR) is 76.6 cm³/mol. The van der Waals surface area contributed by atoms with Crippen molar-refractivity contribution in [1.82, 2.24) is 14.8 Å². The van der Waals surface area contributed by atoms with Gasteiger partial charge in [-0.05, 0) is 19.1 Å². The minimum absolute atomic E-state index is 0.0128. The molecule has 1 aliphatic heterocycles. The number of piperazine rings is 1. The van der Waals surface area contributed by atoms with Gasteiger partial charge in [0.15, 0.2) is 0 Å². The molecule has 0 aromatic carbocycles. The fraction of sp³-hybridized carbons (Fsp3) is 0.467. The summed E-state index contributed by atoms with van der Waals surface area (Å²) >= 11 is 0. The lowest BCUT2D eigenvalue weighted by Gasteiger charge is -2.34. The molecular formula is C15H19N3O3. The summed E-state index contributed by atoms with van der Waals surface area (Å²) in [6, 6.07) is 3.37. The van der Waals surface area contributed by atoms with Crippen molar-refractivity contribution >= 4 is 17.6 Å². The Hall–Kier alpha value is -2.24. The first-order valence-electron chi connectivity index (χ1n) is 7.04. The topological polar surface area (TPSA) is 70.6 Å². The van der Waals surface area contributed by atoms with E-state index >= 15 is 0 Å². The number of pyridine rings is 1. The molecule has 1 aromatic heterocycles. The van der Waals surface area contributed by atoms with Gasteiger partial charge in [-0.15, -0.1) is 0 Å². The van der Waals surface area contributed by atoms with E-state index < -0.39 is 0 Å². The maximum atomic E-state index is 12.2. The summed E-state index contributed by atoms with van der Waals surface area (Å²) in [5, 5.41) is 0. The van der Waals surface area contributed by atoms with Crippen molar-refractivity contribution in [2.24, 2.45) is 0 Å². The minimum atomic E-state index is -0.0340. The molecule has 1 aliphatic rings. The van der Waals surface area contributed by atoms with Gasteiger partial charge in [0.2, 0.25) is 5.91 Å². The standard InChI is InChI=1S/C15H19N3O3/c1-12(19)2-3-14(20)17-8-10-18(11-9-17)15(21)13-4-6-16-7-5-13/h4-7H,2-3,8-11H2,1H3. The van der Waals surface area contributed by atoms with Gasteiger partial charge >= 0.3 is 0 Å². The SMILES string of the molecule is CC(=O)CCC(=O)N1CCN(C(=O)c2ccncc2)CC1. The highest BCUT2D eigenvalue weighted by Gasteiger charge is 2.24. The van der Waals surface area contributed by atoms with Crippen molar-refractivity contribution in [3.63, 3.8) is 0 Å². The van der Waals surface area contributed by atoms with E-state index in [9.17, 15) is 14.4 Å². The van der Waals surface area contributed by atoms with Crippen LogP contribution in [0.1, 0.15) is 30.1 Å². The van der Waals surface area contributed by atoms with E-state index in [1.54, 1.807) is 34.3 Å². The number of hydrogen-bond acceptors (Lipinski definition) is 4. The van der Waals surface area contributed by atoms with Crippen LogP contribution in [-0.2, 0) is 9.59 Å². The van der Waals surface area contributed by atoms with Crippen molar-refractivity contribution in [1.29, 1.82) is 0 Å². The van der Waals surface area contributed by atoms with Gasteiger partial charge in [-0.1, -0.05) is 0 Å². The number of ketones is 1. The normalized spacial score (nSPS) is 14.9. The third-order valence-electron chi connectivity index (χ3n) is 3.54. The zero-order valence-electron chi connectivity index (χ0n) is 12.1. The molecule has 0 N–H and O–H groups in total. The summed E-state index contributed by atoms with van der Waals surface area (Å²) in [6.45, 7) is 3.57. The Bertz CT molecular complexity index is 522. The number of rotatable bonds is 4. The fourth-order valence-electron chi connectivity index (χ4n) is 2.28. The fourth-order valence-corrected chi connectivity index (χ4v) is 2.28. The maximum absolute atomic E-state index is 12.2. The first-order valence-corrected chi connectivity index (χ1v) is 7.04. The van der Waals surface area contributed by atoms with Crippen LogP contribution in [0, 0.1) is 0 Å². The molecule has 6 heteroatoms. The van der Waals surface area contributed by atoms with Crippen LogP contribution in [0.25, 0.3) is 0 Å². The van der Waals surface area contributed by atoms with Crippen molar-refractivity contribution in [2.45, 2.75) is 19.8 Å². The van der Waals surface area contributed by atoms with E-state index in [1.807, 2.05) is 0 Å². The van der Waals surface area contributed by atoms with Crippen LogP contribution in [0.2, 0.25) is 0 Å². The van der Waals surface area contributed by atoms with E-state index in [4.69, 9.17) is 0 Å². The van der Waals surface area contributed by atoms with Crippen molar-refractivity contribution in [3.8, 4) is 0 Å². The van der Waals surface area contributed by atoms with E-state index in [0.717, 1.165) is 0 Å². The van der Waals surface area contributed by atoms with E-state index in [2.05, 4.69) is 4.98 Å². The highest BCUT2D eigenvalue weighted by molar-refractivity contribution is 5.94. The molecule has 0 saturated carbocycles. The Labute approximate surface area is 123 Å². The van der Waals surface area contributed by atoms with Crippen molar-refractivity contribution in [3.05, 3.63) is 30.1 Å². The highest BCUT2D eigenvalue weighted by Crippen LogP contribution is 2.09. The second-order valence-electron chi connectivity index (χ2n) is 5.11. The Morgan fingerprint density at radius 3 is 2.14 bits per heavy atom. The van der Waals surface area contributed by atoms with Gasteiger partial charge in [-0.3, -0.25) is 14.6 Å². The molecule has 0 atom stereocenters. The smallest absolute Gasteiger partial charge is 0.254 e. The Kier molecular flexibility index (Phi) is 5.03. The lowest BCUT2D eigenvalue weighted by molar-refractivity contribution is -0.134. The van der Waals surface area contributed by atoms with Crippen LogP contribution in [0.3, 0.4) is 0 Å². The van der Waals surface area contributed by atoms with Gasteiger partial charge in [0.1, 0.15) is 5.78 Å². The van der Waals surface area contributed by atoms with Crippen LogP contribution < -0.4 is 0 Å². The van der Waals surface area contributed by atoms with Gasteiger partial charge in [0.25, 0.3) is 5.91 Å². The minimum Gasteiger partial charge on any atom is -0.339 e. The van der Waals surface area contributed by atoms with Crippen molar-refractivity contribution < 1.29 is 14.4 Å². The molecule has 0 unspecified atom stereocenters. The van der Waals surface area contributed by atoms with Crippen LogP contribution >= 0.6 is 0 Å². The Morgan fingerprint density at radius 1 is 1.00 bits per heavy atom. The lowest BCUT2D eigenvalue weighted by Crippen LogP contribution is -2.50. The monoisotopic (exact) mass is 289 g/mol. The van der Waals surface area contributed by atoms with Gasteiger partial charge in [0.05, 0.1) is 0 Å². The van der Waals surface area contributed by atoms with Gasteiger partial charge in [-0.2, -0.15) is 0 Å². The molecule has 0 radical (unpaired) electrons. The first-order chi connectivity index (χ1) is 10.1.